The van der Waals surface area contributed by atoms with Gasteiger partial charge in [0.2, 0.25) is 6.79 Å². The molecule has 3 aliphatic rings. The number of carbonyl (C=O) groups is 3. The second-order valence-electron chi connectivity index (χ2n) is 10.3. The maximum Gasteiger partial charge on any atom is 0.255 e. The number of fused-ring (bicyclic) bond motifs is 1. The molecule has 2 N–H and O–H groups in total. The summed E-state index contributed by atoms with van der Waals surface area (Å²) in [6.45, 7) is 5.37. The van der Waals surface area contributed by atoms with Crippen molar-refractivity contribution >= 4 is 29.1 Å². The molecule has 0 spiro atoms. The number of ether oxygens (including phenoxy) is 2. The minimum atomic E-state index is -0.314. The van der Waals surface area contributed by atoms with Crippen molar-refractivity contribution in [3.8, 4) is 11.5 Å². The highest BCUT2D eigenvalue weighted by molar-refractivity contribution is 6.07. The SMILES string of the molecule is O=C(Nc1cc(C(=O)N2CCCNCC2)ccc1N1CCN(C(=O)c2ccccc2)CC1)c1ccc2c(c1)OCO2. The number of piperazine rings is 1. The second kappa shape index (κ2) is 11.9. The van der Waals surface area contributed by atoms with E-state index in [2.05, 4.69) is 15.5 Å². The molecule has 41 heavy (non-hydrogen) atoms. The fourth-order valence-electron chi connectivity index (χ4n) is 5.42. The largest absolute Gasteiger partial charge is 0.454 e. The molecule has 0 radical (unpaired) electrons. The lowest BCUT2D eigenvalue weighted by Crippen LogP contribution is -2.49. The summed E-state index contributed by atoms with van der Waals surface area (Å²) in [6.07, 6.45) is 0.892. The van der Waals surface area contributed by atoms with E-state index in [1.165, 1.54) is 0 Å². The van der Waals surface area contributed by atoms with Gasteiger partial charge in [0.15, 0.2) is 11.5 Å². The van der Waals surface area contributed by atoms with Crippen molar-refractivity contribution in [1.82, 2.24) is 15.1 Å². The monoisotopic (exact) mass is 555 g/mol. The van der Waals surface area contributed by atoms with Crippen molar-refractivity contribution in [2.24, 2.45) is 0 Å². The van der Waals surface area contributed by atoms with E-state index in [-0.39, 0.29) is 24.5 Å². The Hall–Kier alpha value is -4.57. The van der Waals surface area contributed by atoms with Gasteiger partial charge in [-0.05, 0) is 61.5 Å². The quantitative estimate of drug-likeness (QED) is 0.499. The zero-order chi connectivity index (χ0) is 28.2. The van der Waals surface area contributed by atoms with Crippen molar-refractivity contribution in [2.75, 3.05) is 69.4 Å². The average Bonchev–Trinajstić information content (AvgIpc) is 3.33. The van der Waals surface area contributed by atoms with Gasteiger partial charge in [-0.3, -0.25) is 14.4 Å². The highest BCUT2D eigenvalue weighted by Crippen LogP contribution is 2.34. The molecule has 3 aromatic rings. The zero-order valence-corrected chi connectivity index (χ0v) is 22.8. The molecule has 2 fully saturated rings. The van der Waals surface area contributed by atoms with Crippen LogP contribution in [0, 0.1) is 0 Å². The van der Waals surface area contributed by atoms with Gasteiger partial charge in [-0.1, -0.05) is 18.2 Å². The lowest BCUT2D eigenvalue weighted by Gasteiger charge is -2.37. The highest BCUT2D eigenvalue weighted by Gasteiger charge is 2.26. The molecule has 212 valence electrons. The number of nitrogens with zero attached hydrogens (tertiary/aromatic N) is 3. The molecule has 0 bridgehead atoms. The predicted molar refractivity (Wildman–Crippen MR) is 155 cm³/mol. The first kappa shape index (κ1) is 26.6. The van der Waals surface area contributed by atoms with Gasteiger partial charge in [0.25, 0.3) is 17.7 Å². The molecule has 0 aliphatic carbocycles. The van der Waals surface area contributed by atoms with E-state index < -0.39 is 0 Å². The number of hydrogen-bond donors (Lipinski definition) is 2. The van der Waals surface area contributed by atoms with Crippen LogP contribution in [0.4, 0.5) is 11.4 Å². The van der Waals surface area contributed by atoms with Crippen LogP contribution >= 0.6 is 0 Å². The molecule has 2 saturated heterocycles. The summed E-state index contributed by atoms with van der Waals surface area (Å²) < 4.78 is 10.8. The van der Waals surface area contributed by atoms with Crippen LogP contribution in [0.15, 0.2) is 66.7 Å². The Bertz CT molecular complexity index is 1430. The van der Waals surface area contributed by atoms with Gasteiger partial charge in [-0.15, -0.1) is 0 Å². The molecule has 10 heteroatoms. The molecule has 3 amide bonds. The van der Waals surface area contributed by atoms with Crippen LogP contribution in [-0.2, 0) is 0 Å². The number of amides is 3. The maximum absolute atomic E-state index is 13.4. The fourth-order valence-corrected chi connectivity index (χ4v) is 5.42. The van der Waals surface area contributed by atoms with Crippen LogP contribution < -0.4 is 25.0 Å². The third-order valence-electron chi connectivity index (χ3n) is 7.68. The average molecular weight is 556 g/mol. The van der Waals surface area contributed by atoms with E-state index in [0.29, 0.717) is 73.1 Å². The van der Waals surface area contributed by atoms with Crippen molar-refractivity contribution < 1.29 is 23.9 Å². The number of carbonyl (C=O) groups excluding carboxylic acids is 3. The Labute approximate surface area is 238 Å². The third-order valence-corrected chi connectivity index (χ3v) is 7.68. The van der Waals surface area contributed by atoms with Crippen molar-refractivity contribution in [3.05, 3.63) is 83.4 Å². The number of nitrogens with one attached hydrogen (secondary N) is 2. The number of hydrogen-bond acceptors (Lipinski definition) is 7. The number of anilines is 2. The Morgan fingerprint density at radius 2 is 1.41 bits per heavy atom. The summed E-state index contributed by atoms with van der Waals surface area (Å²) in [6, 6.07) is 19.8. The minimum Gasteiger partial charge on any atom is -0.454 e. The molecule has 3 aromatic carbocycles. The number of rotatable bonds is 5. The molecular weight excluding hydrogens is 522 g/mol. The molecule has 0 aromatic heterocycles. The smallest absolute Gasteiger partial charge is 0.255 e. The van der Waals surface area contributed by atoms with Crippen LogP contribution in [-0.4, -0.2) is 86.7 Å². The van der Waals surface area contributed by atoms with E-state index in [1.807, 2.05) is 52.3 Å². The van der Waals surface area contributed by atoms with Crippen molar-refractivity contribution in [1.29, 1.82) is 0 Å². The molecule has 0 atom stereocenters. The first-order chi connectivity index (χ1) is 20.1. The van der Waals surface area contributed by atoms with E-state index in [1.54, 1.807) is 24.3 Å². The maximum atomic E-state index is 13.4. The van der Waals surface area contributed by atoms with Crippen LogP contribution in [0.3, 0.4) is 0 Å². The molecule has 3 aliphatic heterocycles. The summed E-state index contributed by atoms with van der Waals surface area (Å²) in [5, 5.41) is 6.37. The Kier molecular flexibility index (Phi) is 7.73. The van der Waals surface area contributed by atoms with Crippen LogP contribution in [0.5, 0.6) is 11.5 Å². The molecule has 0 saturated carbocycles. The van der Waals surface area contributed by atoms with Gasteiger partial charge in [0.05, 0.1) is 11.4 Å². The van der Waals surface area contributed by atoms with Crippen LogP contribution in [0.25, 0.3) is 0 Å². The number of benzene rings is 3. The lowest BCUT2D eigenvalue weighted by molar-refractivity contribution is 0.0743. The van der Waals surface area contributed by atoms with E-state index in [4.69, 9.17) is 9.47 Å². The summed E-state index contributed by atoms with van der Waals surface area (Å²) in [5.41, 5.74) is 2.97. The Balaban J connectivity index is 1.24. The summed E-state index contributed by atoms with van der Waals surface area (Å²) in [7, 11) is 0. The predicted octanol–water partition coefficient (Wildman–Crippen LogP) is 3.07. The first-order valence-electron chi connectivity index (χ1n) is 14.0. The Morgan fingerprint density at radius 3 is 2.24 bits per heavy atom. The highest BCUT2D eigenvalue weighted by atomic mass is 16.7. The van der Waals surface area contributed by atoms with Gasteiger partial charge in [-0.2, -0.15) is 0 Å². The lowest BCUT2D eigenvalue weighted by atomic mass is 10.1. The van der Waals surface area contributed by atoms with Gasteiger partial charge >= 0.3 is 0 Å². The van der Waals surface area contributed by atoms with Crippen molar-refractivity contribution in [3.63, 3.8) is 0 Å². The van der Waals surface area contributed by atoms with Crippen LogP contribution in [0.2, 0.25) is 0 Å². The van der Waals surface area contributed by atoms with E-state index in [0.717, 1.165) is 25.2 Å². The van der Waals surface area contributed by atoms with Gasteiger partial charge < -0.3 is 34.8 Å². The topological polar surface area (TPSA) is 103 Å². The molecule has 0 unspecified atom stereocenters. The van der Waals surface area contributed by atoms with E-state index in [9.17, 15) is 14.4 Å². The molecular formula is C31H33N5O5. The van der Waals surface area contributed by atoms with Crippen molar-refractivity contribution in [2.45, 2.75) is 6.42 Å². The van der Waals surface area contributed by atoms with Gasteiger partial charge in [0.1, 0.15) is 0 Å². The molecule has 3 heterocycles. The standard InChI is InChI=1S/C31H33N5O5/c37-29(23-8-10-27-28(20-23)41-21-40-27)33-25-19-24(31(39)35-13-4-11-32-12-14-35)7-9-26(25)34-15-17-36(18-16-34)30(38)22-5-2-1-3-6-22/h1-3,5-10,19-20,32H,4,11-18,21H2,(H,33,37). The van der Waals surface area contributed by atoms with Crippen LogP contribution in [0.1, 0.15) is 37.5 Å². The molecule has 10 nitrogen and oxygen atoms in total. The summed E-state index contributed by atoms with van der Waals surface area (Å²) in [4.78, 5) is 45.6. The van der Waals surface area contributed by atoms with Gasteiger partial charge in [-0.25, -0.2) is 0 Å². The zero-order valence-electron chi connectivity index (χ0n) is 22.8. The minimum absolute atomic E-state index is 0.00877. The molecule has 6 rings (SSSR count). The first-order valence-corrected chi connectivity index (χ1v) is 14.0. The third kappa shape index (κ3) is 5.83. The fraction of sp³-hybridized carbons (Fsp3) is 0.323. The van der Waals surface area contributed by atoms with Gasteiger partial charge in [0, 0.05) is 62.5 Å². The van der Waals surface area contributed by atoms with E-state index >= 15 is 0 Å². The summed E-state index contributed by atoms with van der Waals surface area (Å²) in [5.74, 6) is 0.762. The second-order valence-corrected chi connectivity index (χ2v) is 10.3. The normalized spacial score (nSPS) is 16.7. The Morgan fingerprint density at radius 1 is 0.683 bits per heavy atom. The summed E-state index contributed by atoms with van der Waals surface area (Å²) >= 11 is 0.